The minimum absolute atomic E-state index is 0.0204. The first-order chi connectivity index (χ1) is 40.2. The number of halogens is 3. The summed E-state index contributed by atoms with van der Waals surface area (Å²) in [5, 5.41) is 17.2. The molecule has 0 unspecified atom stereocenters. The molecule has 2 N–H and O–H groups in total. The van der Waals surface area contributed by atoms with Crippen LogP contribution in [0, 0.1) is 3.57 Å². The van der Waals surface area contributed by atoms with Crippen LogP contribution in [0.25, 0.3) is 55.6 Å². The van der Waals surface area contributed by atoms with Crippen LogP contribution in [0.3, 0.4) is 0 Å². The normalized spacial score (nSPS) is 16.1. The fourth-order valence-corrected chi connectivity index (χ4v) is 5.34. The molecule has 9 aromatic rings. The summed E-state index contributed by atoms with van der Waals surface area (Å²) in [5.41, 5.74) is -0.00826. The molecular weight excluding hydrogens is 978 g/mol. The van der Waals surface area contributed by atoms with E-state index in [1.165, 1.54) is 0 Å². The summed E-state index contributed by atoms with van der Waals surface area (Å²) in [6.07, 6.45) is 0. The molecule has 0 aromatic heterocycles. The Labute approximate surface area is 421 Å². The Hall–Kier alpha value is -5.35. The van der Waals surface area contributed by atoms with Gasteiger partial charge in [0.05, 0.1) is 35.6 Å². The molecule has 0 aliphatic rings. The predicted octanol–water partition coefficient (Wildman–Crippen LogP) is 14.9. The fourth-order valence-electron chi connectivity index (χ4n) is 4.60. The second kappa shape index (κ2) is 23.4. The van der Waals surface area contributed by atoms with Gasteiger partial charge >= 0.3 is 7.12 Å². The molecule has 294 valence electrons. The standard InChI is InChI=1S/C18H12Br2.C18H14.C12H9I.C6H7BO2/c19-17-9-5-15(6-10-17)13-1-2-14(4-3-13)16-7-11-18(20)12-8-16;1-3-7-15(8-4-1)17-11-13-18(14-12-17)16-9-5-2-6-10-16;13-12-8-6-11(7-9-12)10-4-2-1-3-5-10;8-7(9)6-4-2-1-3-5-6/h1-12H;1-14H;1-9H;1-5,8-9H/i1D,2D,3D,4D,5D,6D,9D,10D;1D,3D,4D,7D,8D,11D,12D,13D,14D;1D,2D,3D,4D,5D,6D,7D,8D,9D;. The van der Waals surface area contributed by atoms with Crippen molar-refractivity contribution in [2.45, 2.75) is 0 Å². The van der Waals surface area contributed by atoms with E-state index in [2.05, 4.69) is 31.9 Å². The molecule has 2 nitrogen and oxygen atoms in total. The second-order valence-corrected chi connectivity index (χ2v) is 14.3. The quantitative estimate of drug-likeness (QED) is 0.129. The molecule has 9 rings (SSSR count). The van der Waals surface area contributed by atoms with Crippen molar-refractivity contribution in [3.8, 4) is 55.6 Å². The maximum Gasteiger partial charge on any atom is 0.488 e. The van der Waals surface area contributed by atoms with Crippen LogP contribution in [0.5, 0.6) is 0 Å². The zero-order chi connectivity index (χ0) is 64.6. The Morgan fingerprint density at radius 2 is 0.650 bits per heavy atom. The summed E-state index contributed by atoms with van der Waals surface area (Å²) in [6.45, 7) is 0. The molecule has 0 radical (unpaired) electrons. The first kappa shape index (κ1) is 21.4. The van der Waals surface area contributed by atoms with Gasteiger partial charge in [-0.3, -0.25) is 0 Å². The highest BCUT2D eigenvalue weighted by atomic mass is 127. The molecule has 0 aliphatic heterocycles. The van der Waals surface area contributed by atoms with Gasteiger partial charge in [-0.15, -0.1) is 0 Å². The van der Waals surface area contributed by atoms with Gasteiger partial charge in [-0.1, -0.05) is 238 Å². The van der Waals surface area contributed by atoms with Crippen LogP contribution in [0.4, 0.5) is 0 Å². The van der Waals surface area contributed by atoms with E-state index in [1.807, 2.05) is 6.07 Å². The molecule has 60 heavy (non-hydrogen) atoms. The molecule has 0 amide bonds. The smallest absolute Gasteiger partial charge is 0.423 e. The van der Waals surface area contributed by atoms with Gasteiger partial charge in [0.1, 0.15) is 0 Å². The van der Waals surface area contributed by atoms with Crippen LogP contribution in [-0.2, 0) is 0 Å². The summed E-state index contributed by atoms with van der Waals surface area (Å²) < 4.78 is 210. The van der Waals surface area contributed by atoms with Gasteiger partial charge in [0.2, 0.25) is 0 Å². The molecule has 0 spiro atoms. The predicted molar refractivity (Wildman–Crippen MR) is 271 cm³/mol. The third kappa shape index (κ3) is 13.9. The molecular formula is C54H42BBr2IO2. The molecule has 0 heterocycles. The van der Waals surface area contributed by atoms with Crippen molar-refractivity contribution in [2.24, 2.45) is 0 Å². The average molecular weight is 1050 g/mol. The van der Waals surface area contributed by atoms with Crippen LogP contribution < -0.4 is 5.46 Å². The Morgan fingerprint density at radius 1 is 0.333 bits per heavy atom. The molecule has 6 heteroatoms. The van der Waals surface area contributed by atoms with Crippen LogP contribution in [0.1, 0.15) is 35.6 Å². The van der Waals surface area contributed by atoms with Gasteiger partial charge < -0.3 is 10.0 Å². The highest BCUT2D eigenvalue weighted by Gasteiger charge is 2.07. The number of rotatable bonds is 6. The third-order valence-corrected chi connectivity index (χ3v) is 8.95. The van der Waals surface area contributed by atoms with Gasteiger partial charge in [0.25, 0.3) is 0 Å². The summed E-state index contributed by atoms with van der Waals surface area (Å²) in [7, 11) is -1.34. The third-order valence-electron chi connectivity index (χ3n) is 7.48. The highest BCUT2D eigenvalue weighted by Crippen LogP contribution is 2.28. The van der Waals surface area contributed by atoms with E-state index in [1.54, 1.807) is 101 Å². The van der Waals surface area contributed by atoms with Crippen molar-refractivity contribution < 1.29 is 45.7 Å². The fraction of sp³-hybridized carbons (Fsp3) is 0. The van der Waals surface area contributed by atoms with E-state index in [-0.39, 0.29) is 101 Å². The van der Waals surface area contributed by atoms with Crippen LogP contribution in [0.2, 0.25) is 0 Å². The summed E-state index contributed by atoms with van der Waals surface area (Å²) in [6, 6.07) is 12.3. The van der Waals surface area contributed by atoms with Crippen molar-refractivity contribution >= 4 is 67.0 Å². The molecule has 0 fully saturated rings. The van der Waals surface area contributed by atoms with Crippen molar-refractivity contribution in [1.82, 2.24) is 0 Å². The molecule has 0 atom stereocenters. The lowest BCUT2D eigenvalue weighted by molar-refractivity contribution is 0.426. The van der Waals surface area contributed by atoms with Crippen LogP contribution in [-0.4, -0.2) is 17.2 Å². The minimum atomic E-state index is -1.34. The van der Waals surface area contributed by atoms with Gasteiger partial charge in [-0.25, -0.2) is 0 Å². The molecule has 0 saturated carbocycles. The Bertz CT molecular complexity index is 3900. The average Bonchev–Trinajstić information content (AvgIpc) is 0.831. The monoisotopic (exact) mass is 1040 g/mol. The Kier molecular flexibility index (Phi) is 8.38. The van der Waals surface area contributed by atoms with Gasteiger partial charge in [0.15, 0.2) is 0 Å². The number of hydrogen-bond donors (Lipinski definition) is 2. The van der Waals surface area contributed by atoms with Gasteiger partial charge in [-0.05, 0) is 120 Å². The van der Waals surface area contributed by atoms with E-state index in [0.717, 1.165) is 4.47 Å². The van der Waals surface area contributed by atoms with Crippen LogP contribution in [0.15, 0.2) is 251 Å². The van der Waals surface area contributed by atoms with Crippen molar-refractivity contribution in [3.63, 3.8) is 0 Å². The zero-order valence-corrected chi connectivity index (χ0v) is 36.0. The molecule has 0 aliphatic carbocycles. The van der Waals surface area contributed by atoms with Crippen LogP contribution >= 0.6 is 54.5 Å². The maximum absolute atomic E-state index is 8.58. The van der Waals surface area contributed by atoms with Gasteiger partial charge in [0, 0.05) is 12.5 Å². The van der Waals surface area contributed by atoms with E-state index < -0.39 is 116 Å². The van der Waals surface area contributed by atoms with Crippen molar-refractivity contribution in [3.05, 3.63) is 255 Å². The lowest BCUT2D eigenvalue weighted by atomic mass is 9.81. The number of benzene rings is 9. The van der Waals surface area contributed by atoms with Gasteiger partial charge in [-0.2, -0.15) is 0 Å². The highest BCUT2D eigenvalue weighted by molar-refractivity contribution is 14.1. The SMILES string of the molecule is OB(O)c1ccccc1.[2H]c1c([2H])c(-c2c([2H])c([2H])c(-c3ccc(Br)cc3)c([2H])c2[2H])c([2H])c([2H])c1Br.[2H]c1c([2H])c([2H])c(-c2c([2H])c([2H])c(-c3ccccc3)c([2H])c2[2H])c([2H])c1[2H].[2H]c1c([2H])c([2H])c(-c2c([2H])c([2H])c(I)c([2H])c2[2H])c([2H])c1[2H]. The zero-order valence-electron chi connectivity index (χ0n) is 56.7. The molecule has 0 saturated heterocycles. The van der Waals surface area contributed by atoms with E-state index in [4.69, 9.17) is 45.7 Å². The Balaban J connectivity index is 0.000000193. The summed E-state index contributed by atoms with van der Waals surface area (Å²) >= 11 is 8.01. The largest absolute Gasteiger partial charge is 0.488 e. The number of hydrogen-bond acceptors (Lipinski definition) is 2. The first-order valence-corrected chi connectivity index (χ1v) is 19.9. The molecule has 9 aromatic carbocycles. The molecule has 0 bridgehead atoms. The first-order valence-electron chi connectivity index (χ1n) is 30.3. The minimum Gasteiger partial charge on any atom is -0.423 e. The van der Waals surface area contributed by atoms with E-state index in [9.17, 15) is 0 Å². The Morgan fingerprint density at radius 3 is 1.03 bits per heavy atom. The summed E-state index contributed by atoms with van der Waals surface area (Å²) in [5.74, 6) is 0. The topological polar surface area (TPSA) is 40.5 Å². The van der Waals surface area contributed by atoms with E-state index in [0.29, 0.717) is 16.6 Å². The van der Waals surface area contributed by atoms with Crippen molar-refractivity contribution in [1.29, 1.82) is 0 Å². The maximum atomic E-state index is 8.58. The van der Waals surface area contributed by atoms with Crippen molar-refractivity contribution in [2.75, 3.05) is 0 Å². The van der Waals surface area contributed by atoms with E-state index >= 15 is 0 Å². The lowest BCUT2D eigenvalue weighted by Crippen LogP contribution is -2.29. The lowest BCUT2D eigenvalue weighted by Gasteiger charge is -2.05. The summed E-state index contributed by atoms with van der Waals surface area (Å²) in [4.78, 5) is 0. The second-order valence-electron chi connectivity index (χ2n) is 11.5.